The van der Waals surface area contributed by atoms with E-state index in [0.717, 1.165) is 6.42 Å². The molecule has 0 heterocycles. The molecule has 0 atom stereocenters. The van der Waals surface area contributed by atoms with Gasteiger partial charge in [-0.15, -0.1) is 0 Å². The first-order valence-electron chi connectivity index (χ1n) is 3.73. The summed E-state index contributed by atoms with van der Waals surface area (Å²) in [5.41, 5.74) is 0. The van der Waals surface area contributed by atoms with Crippen LogP contribution in [0.4, 0.5) is 0 Å². The van der Waals surface area contributed by atoms with Crippen LogP contribution in [0.2, 0.25) is 0 Å². The van der Waals surface area contributed by atoms with Gasteiger partial charge in [0.1, 0.15) is 0 Å². The van der Waals surface area contributed by atoms with Gasteiger partial charge in [0, 0.05) is 0 Å². The van der Waals surface area contributed by atoms with Gasteiger partial charge in [-0.2, -0.15) is 0 Å². The average molecular weight is 143 g/mol. The maximum Gasteiger partial charge on any atom is -0.0163 e. The van der Waals surface area contributed by atoms with Gasteiger partial charge in [-0.05, 0) is 12.5 Å². The van der Waals surface area contributed by atoms with Crippen molar-refractivity contribution in [2.45, 2.75) is 6.42 Å². The van der Waals surface area contributed by atoms with E-state index in [1.165, 1.54) is 0 Å². The van der Waals surface area contributed by atoms with Gasteiger partial charge < -0.3 is 0 Å². The summed E-state index contributed by atoms with van der Waals surface area (Å²) in [5.74, 6) is 0. The van der Waals surface area contributed by atoms with Crippen LogP contribution in [-0.4, -0.2) is 0 Å². The summed E-state index contributed by atoms with van der Waals surface area (Å²) in [6.07, 6.45) is 22.0. The molecular formula is C11H11. The van der Waals surface area contributed by atoms with Crippen LogP contribution in [0.1, 0.15) is 6.42 Å². The summed E-state index contributed by atoms with van der Waals surface area (Å²) >= 11 is 0. The fourth-order valence-corrected chi connectivity index (χ4v) is 0.735. The molecule has 0 aromatic rings. The molecule has 0 unspecified atom stereocenters. The lowest BCUT2D eigenvalue weighted by Crippen LogP contribution is -1.55. The van der Waals surface area contributed by atoms with Gasteiger partial charge in [-0.1, -0.05) is 54.7 Å². The molecule has 0 aromatic carbocycles. The highest BCUT2D eigenvalue weighted by Crippen LogP contribution is 1.90. The van der Waals surface area contributed by atoms with Gasteiger partial charge in [-0.3, -0.25) is 0 Å². The molecule has 1 radical (unpaired) electrons. The monoisotopic (exact) mass is 143 g/mol. The van der Waals surface area contributed by atoms with Crippen molar-refractivity contribution >= 4 is 0 Å². The van der Waals surface area contributed by atoms with Crippen molar-refractivity contribution in [3.05, 3.63) is 60.8 Å². The molecule has 0 aromatic heterocycles. The van der Waals surface area contributed by atoms with E-state index >= 15 is 0 Å². The highest BCUT2D eigenvalue weighted by atomic mass is 13.8. The van der Waals surface area contributed by atoms with E-state index in [1.807, 2.05) is 42.5 Å². The zero-order valence-corrected chi connectivity index (χ0v) is 6.40. The predicted octanol–water partition coefficient (Wildman–Crippen LogP) is 2.97. The van der Waals surface area contributed by atoms with Gasteiger partial charge in [0.15, 0.2) is 0 Å². The van der Waals surface area contributed by atoms with E-state index < -0.39 is 0 Å². The number of hydrogen-bond acceptors (Lipinski definition) is 0. The molecule has 0 N–H and O–H groups in total. The predicted molar refractivity (Wildman–Crippen MR) is 49.0 cm³/mol. The van der Waals surface area contributed by atoms with E-state index in [2.05, 4.69) is 18.2 Å². The van der Waals surface area contributed by atoms with Crippen LogP contribution in [0.15, 0.2) is 54.7 Å². The molecule has 0 amide bonds. The van der Waals surface area contributed by atoms with Gasteiger partial charge in [0.05, 0.1) is 0 Å². The van der Waals surface area contributed by atoms with Crippen LogP contribution in [-0.2, 0) is 0 Å². The second-order valence-corrected chi connectivity index (χ2v) is 2.17. The number of allylic oxidation sites excluding steroid dienone is 10. The molecule has 1 aliphatic rings. The molecule has 0 spiro atoms. The second kappa shape index (κ2) is 5.48. The summed E-state index contributed by atoms with van der Waals surface area (Å²) in [6.45, 7) is 0. The third kappa shape index (κ3) is 4.15. The molecule has 1 aliphatic carbocycles. The summed E-state index contributed by atoms with van der Waals surface area (Å²) in [5, 5.41) is 0. The first-order chi connectivity index (χ1) is 5.50. The van der Waals surface area contributed by atoms with Crippen molar-refractivity contribution in [2.75, 3.05) is 0 Å². The Morgan fingerprint density at radius 3 is 2.55 bits per heavy atom. The Morgan fingerprint density at radius 2 is 1.64 bits per heavy atom. The molecule has 55 valence electrons. The van der Waals surface area contributed by atoms with E-state index in [-0.39, 0.29) is 0 Å². The minimum absolute atomic E-state index is 0.995. The summed E-state index contributed by atoms with van der Waals surface area (Å²) < 4.78 is 0. The fraction of sp³-hybridized carbons (Fsp3) is 0.0909. The van der Waals surface area contributed by atoms with E-state index in [1.54, 1.807) is 0 Å². The molecule has 0 saturated carbocycles. The van der Waals surface area contributed by atoms with E-state index in [0.29, 0.717) is 0 Å². The number of rotatable bonds is 0. The van der Waals surface area contributed by atoms with Crippen LogP contribution in [0.3, 0.4) is 0 Å². The van der Waals surface area contributed by atoms with Crippen LogP contribution >= 0.6 is 0 Å². The highest BCUT2D eigenvalue weighted by Gasteiger charge is 1.70. The van der Waals surface area contributed by atoms with Gasteiger partial charge in [0.2, 0.25) is 0 Å². The van der Waals surface area contributed by atoms with Crippen molar-refractivity contribution in [3.63, 3.8) is 0 Å². The normalized spacial score (nSPS) is 16.7. The SMILES string of the molecule is [C]1=CC=CC=CCC=CC=C1. The molecule has 0 saturated heterocycles. The standard InChI is InChI=1S/C11H11/c1-2-4-6-8-10-11-9-7-5-3-1/h1-5,8-11H,6H2. The first-order valence-corrected chi connectivity index (χ1v) is 3.73. The Bertz CT molecular complexity index is 200. The molecule has 1 rings (SSSR count). The lowest BCUT2D eigenvalue weighted by atomic mass is 10.3. The number of hydrogen-bond donors (Lipinski definition) is 0. The van der Waals surface area contributed by atoms with Crippen molar-refractivity contribution in [1.82, 2.24) is 0 Å². The first kappa shape index (κ1) is 7.80. The maximum absolute atomic E-state index is 3.01. The van der Waals surface area contributed by atoms with Crippen LogP contribution in [0.25, 0.3) is 0 Å². The minimum atomic E-state index is 0.995. The van der Waals surface area contributed by atoms with Crippen molar-refractivity contribution < 1.29 is 0 Å². The minimum Gasteiger partial charge on any atom is -0.0807 e. The molecule has 0 fully saturated rings. The third-order valence-corrected chi connectivity index (χ3v) is 1.26. The van der Waals surface area contributed by atoms with Crippen molar-refractivity contribution in [3.8, 4) is 0 Å². The average Bonchev–Trinajstić information content (AvgIpc) is 2.08. The quantitative estimate of drug-likeness (QED) is 0.489. The van der Waals surface area contributed by atoms with Crippen molar-refractivity contribution in [1.29, 1.82) is 0 Å². The summed E-state index contributed by atoms with van der Waals surface area (Å²) in [6, 6.07) is 0. The molecule has 0 heteroatoms. The molecular weight excluding hydrogens is 132 g/mol. The third-order valence-electron chi connectivity index (χ3n) is 1.26. The zero-order valence-electron chi connectivity index (χ0n) is 6.40. The maximum atomic E-state index is 3.01. The van der Waals surface area contributed by atoms with Crippen LogP contribution in [0, 0.1) is 6.08 Å². The lowest BCUT2D eigenvalue weighted by molar-refractivity contribution is 1.39. The zero-order chi connectivity index (χ0) is 7.78. The topological polar surface area (TPSA) is 0 Å². The molecule has 0 bridgehead atoms. The second-order valence-electron chi connectivity index (χ2n) is 2.17. The Hall–Kier alpha value is -1.30. The Morgan fingerprint density at radius 1 is 0.818 bits per heavy atom. The lowest BCUT2D eigenvalue weighted by Gasteiger charge is -1.76. The smallest absolute Gasteiger partial charge is 0.0163 e. The van der Waals surface area contributed by atoms with E-state index in [4.69, 9.17) is 0 Å². The molecule has 0 aliphatic heterocycles. The Labute approximate surface area is 67.9 Å². The highest BCUT2D eigenvalue weighted by molar-refractivity contribution is 5.16. The van der Waals surface area contributed by atoms with Gasteiger partial charge in [0.25, 0.3) is 0 Å². The van der Waals surface area contributed by atoms with E-state index in [9.17, 15) is 0 Å². The summed E-state index contributed by atoms with van der Waals surface area (Å²) in [7, 11) is 0. The fourth-order valence-electron chi connectivity index (χ4n) is 0.735. The Kier molecular flexibility index (Phi) is 3.89. The van der Waals surface area contributed by atoms with Crippen LogP contribution in [0.5, 0.6) is 0 Å². The molecule has 11 heavy (non-hydrogen) atoms. The summed E-state index contributed by atoms with van der Waals surface area (Å²) in [4.78, 5) is 0. The molecule has 0 nitrogen and oxygen atoms in total. The van der Waals surface area contributed by atoms with Gasteiger partial charge in [-0.25, -0.2) is 0 Å². The van der Waals surface area contributed by atoms with Crippen molar-refractivity contribution in [2.24, 2.45) is 0 Å². The largest absolute Gasteiger partial charge is 0.0807 e. The van der Waals surface area contributed by atoms with Gasteiger partial charge >= 0.3 is 0 Å². The van der Waals surface area contributed by atoms with Crippen LogP contribution < -0.4 is 0 Å². The Balaban J connectivity index is 2.61.